The van der Waals surface area contributed by atoms with Crippen LogP contribution in [0.15, 0.2) is 86.0 Å². The molecular formula is C37H44BrN3O4S. The fourth-order valence-electron chi connectivity index (χ4n) is 8.51. The number of aliphatic hydroxyl groups is 1. The monoisotopic (exact) mass is 705 g/mol. The number of carbonyl (C=O) groups is 3. The molecule has 7 nitrogen and oxygen atoms in total. The van der Waals surface area contributed by atoms with Crippen LogP contribution in [0, 0.1) is 11.8 Å². The first kappa shape index (κ1) is 33.0. The third-order valence-electron chi connectivity index (χ3n) is 10.4. The Bertz CT molecular complexity index is 1440. The Hall–Kier alpha value is -2.88. The summed E-state index contributed by atoms with van der Waals surface area (Å²) in [7, 11) is 0. The molecule has 2 aromatic rings. The highest BCUT2D eigenvalue weighted by Gasteiger charge is 2.76. The van der Waals surface area contributed by atoms with Gasteiger partial charge in [-0.2, -0.15) is 0 Å². The van der Waals surface area contributed by atoms with Gasteiger partial charge in [0.2, 0.25) is 17.7 Å². The summed E-state index contributed by atoms with van der Waals surface area (Å²) in [5.41, 5.74) is 1.73. The summed E-state index contributed by atoms with van der Waals surface area (Å²) in [4.78, 5) is 50.1. The van der Waals surface area contributed by atoms with Crippen molar-refractivity contribution in [3.05, 3.63) is 91.5 Å². The van der Waals surface area contributed by atoms with Gasteiger partial charge in [0.1, 0.15) is 6.04 Å². The molecule has 0 aromatic heterocycles. The van der Waals surface area contributed by atoms with E-state index in [1.807, 2.05) is 65.6 Å². The van der Waals surface area contributed by atoms with E-state index in [1.165, 1.54) is 0 Å². The Labute approximate surface area is 285 Å². The van der Waals surface area contributed by atoms with Crippen molar-refractivity contribution < 1.29 is 19.5 Å². The molecule has 46 heavy (non-hydrogen) atoms. The topological polar surface area (TPSA) is 81.2 Å². The molecule has 1 N–H and O–H groups in total. The maximum absolute atomic E-state index is 15.1. The number of alkyl halides is 1. The van der Waals surface area contributed by atoms with Gasteiger partial charge >= 0.3 is 0 Å². The zero-order chi connectivity index (χ0) is 32.4. The smallest absolute Gasteiger partial charge is 0.247 e. The van der Waals surface area contributed by atoms with Gasteiger partial charge in [-0.25, -0.2) is 0 Å². The molecule has 9 heteroatoms. The van der Waals surface area contributed by atoms with E-state index in [0.29, 0.717) is 25.9 Å². The molecule has 2 bridgehead atoms. The van der Waals surface area contributed by atoms with Crippen molar-refractivity contribution >= 4 is 51.1 Å². The van der Waals surface area contributed by atoms with Crippen LogP contribution in [-0.2, 0) is 20.8 Å². The standard InChI is InChI=1S/C37H44BrN3O4S/c1-3-20-39(26-16-10-6-11-17-26)34(43)30-31-35(44)41(28(24-42)22-25-14-8-5-9-15-25)33(37(31)23-29(38)32(30)46-37)36(45)40(21-4-2)27-18-12-7-13-19-27/h3-6,8-11,14-17,27-33,42H,1-2,7,12-13,18-24H2/t28-,29?,30+,31+,32+,33?,37?/m1/s1. The van der Waals surface area contributed by atoms with Crippen LogP contribution in [0.25, 0.3) is 0 Å². The molecule has 3 aliphatic heterocycles. The van der Waals surface area contributed by atoms with Gasteiger partial charge in [-0.15, -0.1) is 24.9 Å². The molecular weight excluding hydrogens is 662 g/mol. The maximum atomic E-state index is 15.1. The minimum absolute atomic E-state index is 0.0451. The Kier molecular flexibility index (Phi) is 10.1. The number of aliphatic hydroxyl groups excluding tert-OH is 1. The number of benzene rings is 2. The summed E-state index contributed by atoms with van der Waals surface area (Å²) in [6.07, 6.45) is 9.64. The number of thioether (sulfide) groups is 1. The summed E-state index contributed by atoms with van der Waals surface area (Å²) in [6, 6.07) is 18.0. The van der Waals surface area contributed by atoms with Crippen LogP contribution >= 0.6 is 27.7 Å². The zero-order valence-corrected chi connectivity index (χ0v) is 28.7. The fraction of sp³-hybridized carbons (Fsp3) is 0.486. The van der Waals surface area contributed by atoms with Gasteiger partial charge in [0.05, 0.1) is 29.2 Å². The van der Waals surface area contributed by atoms with Crippen molar-refractivity contribution in [2.45, 2.75) is 77.9 Å². The van der Waals surface area contributed by atoms with Gasteiger partial charge < -0.3 is 19.8 Å². The van der Waals surface area contributed by atoms with Gasteiger partial charge in [0, 0.05) is 34.9 Å². The molecule has 4 aliphatic rings. The molecule has 0 radical (unpaired) electrons. The number of rotatable bonds is 12. The lowest BCUT2D eigenvalue weighted by Crippen LogP contribution is -2.60. The highest BCUT2D eigenvalue weighted by Crippen LogP contribution is 2.68. The molecule has 3 heterocycles. The Morgan fingerprint density at radius 2 is 1.65 bits per heavy atom. The minimum Gasteiger partial charge on any atom is -0.394 e. The summed E-state index contributed by atoms with van der Waals surface area (Å²) in [5.74, 6) is -1.72. The first-order chi connectivity index (χ1) is 22.4. The van der Waals surface area contributed by atoms with Crippen LogP contribution < -0.4 is 4.90 Å². The van der Waals surface area contributed by atoms with Gasteiger partial charge in [0.25, 0.3) is 0 Å². The molecule has 1 saturated carbocycles. The van der Waals surface area contributed by atoms with Crippen LogP contribution in [-0.4, -0.2) is 85.3 Å². The molecule has 1 spiro atoms. The first-order valence-electron chi connectivity index (χ1n) is 16.5. The number of fused-ring (bicyclic) bond motifs is 1. The van der Waals surface area contributed by atoms with E-state index in [-0.39, 0.29) is 40.4 Å². The number of hydrogen-bond acceptors (Lipinski definition) is 5. The molecule has 6 rings (SSSR count). The largest absolute Gasteiger partial charge is 0.394 e. The second kappa shape index (κ2) is 14.1. The highest BCUT2D eigenvalue weighted by molar-refractivity contribution is 9.09. The Morgan fingerprint density at radius 3 is 2.28 bits per heavy atom. The van der Waals surface area contributed by atoms with Crippen molar-refractivity contribution in [1.82, 2.24) is 9.80 Å². The number of nitrogens with zero attached hydrogens (tertiary/aromatic N) is 3. The average molecular weight is 707 g/mol. The maximum Gasteiger partial charge on any atom is 0.247 e. The van der Waals surface area contributed by atoms with Crippen molar-refractivity contribution in [2.24, 2.45) is 11.8 Å². The van der Waals surface area contributed by atoms with E-state index in [4.69, 9.17) is 0 Å². The molecule has 3 unspecified atom stereocenters. The second-order valence-corrected chi connectivity index (χ2v) is 15.8. The number of halogens is 1. The number of carbonyl (C=O) groups excluding carboxylic acids is 3. The van der Waals surface area contributed by atoms with E-state index in [0.717, 1.165) is 43.4 Å². The van der Waals surface area contributed by atoms with Crippen molar-refractivity contribution in [2.75, 3.05) is 24.6 Å². The van der Waals surface area contributed by atoms with Crippen molar-refractivity contribution in [3.63, 3.8) is 0 Å². The Balaban J connectivity index is 1.44. The highest BCUT2D eigenvalue weighted by atomic mass is 79.9. The summed E-state index contributed by atoms with van der Waals surface area (Å²) < 4.78 is -0.804. The number of anilines is 1. The quantitative estimate of drug-likeness (QED) is 0.229. The van der Waals surface area contributed by atoms with Crippen molar-refractivity contribution in [3.8, 4) is 0 Å². The zero-order valence-electron chi connectivity index (χ0n) is 26.3. The number of hydrogen-bond donors (Lipinski definition) is 1. The van der Waals surface area contributed by atoms with Gasteiger partial charge in [0.15, 0.2) is 0 Å². The SMILES string of the molecule is C=CCN(C(=O)[C@H]1[C@H]2C(=O)N([C@@H](CO)Cc3ccccc3)C(C(=O)N(CC=C)C3CCCCC3)C23CC(Br)[C@@H]1S3)c1ccccc1. The molecule has 3 saturated heterocycles. The van der Waals surface area contributed by atoms with E-state index >= 15 is 4.79 Å². The number of amides is 3. The molecule has 1 aliphatic carbocycles. The van der Waals surface area contributed by atoms with Gasteiger partial charge in [-0.1, -0.05) is 95.9 Å². The van der Waals surface area contributed by atoms with Crippen LogP contribution in [0.2, 0.25) is 0 Å². The summed E-state index contributed by atoms with van der Waals surface area (Å²) >= 11 is 5.56. The predicted molar refractivity (Wildman–Crippen MR) is 188 cm³/mol. The van der Waals surface area contributed by atoms with Crippen LogP contribution in [0.1, 0.15) is 44.1 Å². The predicted octanol–water partition coefficient (Wildman–Crippen LogP) is 5.62. The molecule has 244 valence electrons. The van der Waals surface area contributed by atoms with Gasteiger partial charge in [-0.05, 0) is 43.4 Å². The average Bonchev–Trinajstić information content (AvgIpc) is 3.68. The van der Waals surface area contributed by atoms with Crippen molar-refractivity contribution in [1.29, 1.82) is 0 Å². The molecule has 4 fully saturated rings. The lowest BCUT2D eigenvalue weighted by molar-refractivity contribution is -0.147. The third-order valence-corrected chi connectivity index (χ3v) is 13.7. The second-order valence-electron chi connectivity index (χ2n) is 13.1. The van der Waals surface area contributed by atoms with Gasteiger partial charge in [-0.3, -0.25) is 14.4 Å². The third kappa shape index (κ3) is 5.77. The minimum atomic E-state index is -0.804. The lowest BCUT2D eigenvalue weighted by Gasteiger charge is -2.43. The molecule has 3 amide bonds. The first-order valence-corrected chi connectivity index (χ1v) is 18.3. The van der Waals surface area contributed by atoms with E-state index in [2.05, 4.69) is 29.1 Å². The summed E-state index contributed by atoms with van der Waals surface area (Å²) in [6.45, 7) is 8.33. The van der Waals surface area contributed by atoms with E-state index in [1.54, 1.807) is 33.7 Å². The van der Waals surface area contributed by atoms with E-state index < -0.39 is 28.7 Å². The normalized spacial score (nSPS) is 29.3. The number of para-hydroxylation sites is 1. The summed E-state index contributed by atoms with van der Waals surface area (Å²) in [5, 5.41) is 10.7. The molecule has 7 atom stereocenters. The van der Waals surface area contributed by atoms with E-state index in [9.17, 15) is 14.7 Å². The molecule has 2 aromatic carbocycles. The fourth-order valence-corrected chi connectivity index (χ4v) is 12.1. The lowest BCUT2D eigenvalue weighted by atomic mass is 9.70. The van der Waals surface area contributed by atoms with Crippen LogP contribution in [0.3, 0.4) is 0 Å². The number of likely N-dealkylation sites (tertiary alicyclic amines) is 1. The van der Waals surface area contributed by atoms with Crippen LogP contribution in [0.5, 0.6) is 0 Å². The van der Waals surface area contributed by atoms with Crippen LogP contribution in [0.4, 0.5) is 5.69 Å². The Morgan fingerprint density at radius 1 is 1.00 bits per heavy atom.